The molecule has 2 rings (SSSR count). The number of anilines is 1. The molecule has 0 fully saturated rings. The normalized spacial score (nSPS) is 12.7. The molecule has 0 saturated heterocycles. The fourth-order valence-electron chi connectivity index (χ4n) is 2.41. The van der Waals surface area contributed by atoms with Crippen molar-refractivity contribution in [1.29, 1.82) is 0 Å². The van der Waals surface area contributed by atoms with E-state index in [1.807, 2.05) is 69.3 Å². The first-order valence-electron chi connectivity index (χ1n) is 7.87. The van der Waals surface area contributed by atoms with Crippen LogP contribution in [0.25, 0.3) is 0 Å². The molecule has 130 valence electrons. The van der Waals surface area contributed by atoms with E-state index in [1.54, 1.807) is 0 Å². The Kier molecular flexibility index (Phi) is 7.75. The lowest BCUT2D eigenvalue weighted by Gasteiger charge is -2.20. The molecule has 0 spiro atoms. The number of carbonyl (C=O) groups excluding carboxylic acids is 1. The van der Waals surface area contributed by atoms with Crippen LogP contribution >= 0.6 is 12.4 Å². The number of amides is 1. The summed E-state index contributed by atoms with van der Waals surface area (Å²) in [6.45, 7) is 6.35. The van der Waals surface area contributed by atoms with Crippen molar-refractivity contribution in [2.24, 2.45) is 11.7 Å². The van der Waals surface area contributed by atoms with Gasteiger partial charge in [0.1, 0.15) is 5.75 Å². The summed E-state index contributed by atoms with van der Waals surface area (Å²) in [7, 11) is 0. The third-order valence-corrected chi connectivity index (χ3v) is 3.90. The number of aryl methyl sites for hydroxylation is 1. The number of halogens is 1. The zero-order valence-electron chi connectivity index (χ0n) is 14.3. The quantitative estimate of drug-likeness (QED) is 0.826. The lowest BCUT2D eigenvalue weighted by atomic mass is 9.94. The fraction of sp³-hybridized carbons (Fsp3) is 0.316. The van der Waals surface area contributed by atoms with Gasteiger partial charge in [-0.2, -0.15) is 0 Å². The van der Waals surface area contributed by atoms with Crippen molar-refractivity contribution in [2.45, 2.75) is 26.8 Å². The molecular formula is C19H25ClN2O2. The highest BCUT2D eigenvalue weighted by Gasteiger charge is 2.22. The van der Waals surface area contributed by atoms with Crippen LogP contribution in [-0.4, -0.2) is 12.5 Å². The van der Waals surface area contributed by atoms with Crippen LogP contribution in [-0.2, 0) is 4.79 Å². The summed E-state index contributed by atoms with van der Waals surface area (Å²) in [4.78, 5) is 12.5. The standard InChI is InChI=1S/C19H24N2O2.ClH/c1-4-23-16-10-11-17(13(2)12-16)21-19(22)14(3)18(20)15-8-6-5-7-9-15;/h5-12,14,18H,4,20H2,1-3H3,(H,21,22);1H. The average molecular weight is 349 g/mol. The van der Waals surface area contributed by atoms with Gasteiger partial charge in [-0.15, -0.1) is 12.4 Å². The minimum Gasteiger partial charge on any atom is -0.494 e. The van der Waals surface area contributed by atoms with Crippen LogP contribution in [0.5, 0.6) is 5.75 Å². The Morgan fingerprint density at radius 1 is 1.21 bits per heavy atom. The van der Waals surface area contributed by atoms with Gasteiger partial charge in [0.05, 0.1) is 12.5 Å². The van der Waals surface area contributed by atoms with E-state index in [2.05, 4.69) is 5.32 Å². The summed E-state index contributed by atoms with van der Waals surface area (Å²) in [6, 6.07) is 15.0. The van der Waals surface area contributed by atoms with E-state index < -0.39 is 0 Å². The maximum absolute atomic E-state index is 12.5. The highest BCUT2D eigenvalue weighted by molar-refractivity contribution is 5.93. The maximum atomic E-state index is 12.5. The van der Waals surface area contributed by atoms with Crippen molar-refractivity contribution >= 4 is 24.0 Å². The number of benzene rings is 2. The van der Waals surface area contributed by atoms with Crippen molar-refractivity contribution in [3.05, 3.63) is 59.7 Å². The van der Waals surface area contributed by atoms with Crippen LogP contribution in [0.4, 0.5) is 5.69 Å². The predicted octanol–water partition coefficient (Wildman–Crippen LogP) is 4.09. The number of rotatable bonds is 6. The minimum absolute atomic E-state index is 0. The van der Waals surface area contributed by atoms with E-state index in [4.69, 9.17) is 10.5 Å². The minimum atomic E-state index is -0.334. The molecule has 0 bridgehead atoms. The Morgan fingerprint density at radius 3 is 2.46 bits per heavy atom. The average Bonchev–Trinajstić information content (AvgIpc) is 2.57. The summed E-state index contributed by atoms with van der Waals surface area (Å²) in [5.74, 6) is 0.383. The second-order valence-corrected chi connectivity index (χ2v) is 5.62. The molecule has 0 aromatic heterocycles. The van der Waals surface area contributed by atoms with Crippen molar-refractivity contribution in [2.75, 3.05) is 11.9 Å². The first kappa shape index (κ1) is 20.0. The lowest BCUT2D eigenvalue weighted by molar-refractivity contribution is -0.120. The van der Waals surface area contributed by atoms with Crippen molar-refractivity contribution < 1.29 is 9.53 Å². The van der Waals surface area contributed by atoms with Gasteiger partial charge >= 0.3 is 0 Å². The van der Waals surface area contributed by atoms with Crippen LogP contribution in [0.1, 0.15) is 31.0 Å². The summed E-state index contributed by atoms with van der Waals surface area (Å²) in [5.41, 5.74) is 8.92. The van der Waals surface area contributed by atoms with Gasteiger partial charge in [-0.05, 0) is 43.2 Å². The SMILES string of the molecule is CCOc1ccc(NC(=O)C(C)C(N)c2ccccc2)c(C)c1.Cl. The molecule has 0 aliphatic heterocycles. The molecule has 0 aliphatic carbocycles. The number of carbonyl (C=O) groups is 1. The molecule has 3 N–H and O–H groups in total. The molecule has 0 saturated carbocycles. The van der Waals surface area contributed by atoms with Gasteiger partial charge in [0.2, 0.25) is 5.91 Å². The van der Waals surface area contributed by atoms with Gasteiger partial charge in [0, 0.05) is 11.7 Å². The molecule has 2 aromatic carbocycles. The number of ether oxygens (including phenoxy) is 1. The van der Waals surface area contributed by atoms with Crippen LogP contribution in [0.3, 0.4) is 0 Å². The molecule has 0 heterocycles. The second-order valence-electron chi connectivity index (χ2n) is 5.62. The van der Waals surface area contributed by atoms with Crippen LogP contribution < -0.4 is 15.8 Å². The van der Waals surface area contributed by atoms with E-state index in [0.717, 1.165) is 22.6 Å². The van der Waals surface area contributed by atoms with Crippen molar-refractivity contribution in [3.63, 3.8) is 0 Å². The first-order chi connectivity index (χ1) is 11.0. The largest absolute Gasteiger partial charge is 0.494 e. The lowest BCUT2D eigenvalue weighted by Crippen LogP contribution is -2.30. The fourth-order valence-corrected chi connectivity index (χ4v) is 2.41. The number of hydrogen-bond acceptors (Lipinski definition) is 3. The van der Waals surface area contributed by atoms with Gasteiger partial charge in [-0.3, -0.25) is 4.79 Å². The molecule has 2 aromatic rings. The van der Waals surface area contributed by atoms with Crippen LogP contribution in [0.2, 0.25) is 0 Å². The van der Waals surface area contributed by atoms with Crippen molar-refractivity contribution in [3.8, 4) is 5.75 Å². The molecule has 4 nitrogen and oxygen atoms in total. The highest BCUT2D eigenvalue weighted by Crippen LogP contribution is 2.24. The number of nitrogens with two attached hydrogens (primary N) is 1. The van der Waals surface area contributed by atoms with Crippen LogP contribution in [0.15, 0.2) is 48.5 Å². The Bertz CT molecular complexity index is 662. The summed E-state index contributed by atoms with van der Waals surface area (Å²) < 4.78 is 5.46. The first-order valence-corrected chi connectivity index (χ1v) is 7.87. The molecule has 2 unspecified atom stereocenters. The number of hydrogen-bond donors (Lipinski definition) is 2. The van der Waals surface area contributed by atoms with E-state index in [1.165, 1.54) is 0 Å². The molecular weight excluding hydrogens is 324 g/mol. The maximum Gasteiger partial charge on any atom is 0.229 e. The number of nitrogens with one attached hydrogen (secondary N) is 1. The molecule has 2 atom stereocenters. The predicted molar refractivity (Wildman–Crippen MR) is 101 cm³/mol. The monoisotopic (exact) mass is 348 g/mol. The molecule has 1 amide bonds. The van der Waals surface area contributed by atoms with Gasteiger partial charge in [-0.1, -0.05) is 37.3 Å². The molecule has 0 aliphatic rings. The van der Waals surface area contributed by atoms with E-state index in [9.17, 15) is 4.79 Å². The van der Waals surface area contributed by atoms with Crippen LogP contribution in [0, 0.1) is 12.8 Å². The van der Waals surface area contributed by atoms with Gasteiger partial charge < -0.3 is 15.8 Å². The Hall–Kier alpha value is -2.04. The third kappa shape index (κ3) is 4.98. The smallest absolute Gasteiger partial charge is 0.229 e. The molecule has 24 heavy (non-hydrogen) atoms. The molecule has 5 heteroatoms. The zero-order valence-corrected chi connectivity index (χ0v) is 15.1. The van der Waals surface area contributed by atoms with Crippen molar-refractivity contribution in [1.82, 2.24) is 0 Å². The third-order valence-electron chi connectivity index (χ3n) is 3.90. The Labute approximate surface area is 149 Å². The zero-order chi connectivity index (χ0) is 16.8. The van der Waals surface area contributed by atoms with E-state index in [0.29, 0.717) is 6.61 Å². The van der Waals surface area contributed by atoms with Gasteiger partial charge in [0.15, 0.2) is 0 Å². The van der Waals surface area contributed by atoms with E-state index >= 15 is 0 Å². The Morgan fingerprint density at radius 2 is 1.88 bits per heavy atom. The summed E-state index contributed by atoms with van der Waals surface area (Å²) in [5, 5.41) is 2.96. The topological polar surface area (TPSA) is 64.3 Å². The summed E-state index contributed by atoms with van der Waals surface area (Å²) >= 11 is 0. The van der Waals surface area contributed by atoms with Gasteiger partial charge in [0.25, 0.3) is 0 Å². The second kappa shape index (κ2) is 9.30. The Balaban J connectivity index is 0.00000288. The molecule has 0 radical (unpaired) electrons. The summed E-state index contributed by atoms with van der Waals surface area (Å²) in [6.07, 6.45) is 0. The van der Waals surface area contributed by atoms with Gasteiger partial charge in [-0.25, -0.2) is 0 Å². The highest BCUT2D eigenvalue weighted by atomic mass is 35.5. The van der Waals surface area contributed by atoms with E-state index in [-0.39, 0.29) is 30.3 Å².